The molecule has 0 bridgehead atoms. The third-order valence-electron chi connectivity index (χ3n) is 1.87. The summed E-state index contributed by atoms with van der Waals surface area (Å²) in [6.45, 7) is 5.76. The maximum atomic E-state index is 11.3. The Hall–Kier alpha value is -1.56. The molecule has 6 heteroatoms. The highest BCUT2D eigenvalue weighted by molar-refractivity contribution is 5.67. The fourth-order valence-corrected chi connectivity index (χ4v) is 1.21. The molecule has 0 saturated carbocycles. The summed E-state index contributed by atoms with van der Waals surface area (Å²) in [7, 11) is 0. The third kappa shape index (κ3) is 5.91. The van der Waals surface area contributed by atoms with Crippen molar-refractivity contribution in [3.8, 4) is 0 Å². The maximum Gasteiger partial charge on any atom is 0.407 e. The second-order valence-electron chi connectivity index (χ2n) is 4.84. The maximum absolute atomic E-state index is 11.3. The van der Waals surface area contributed by atoms with E-state index < -0.39 is 11.7 Å². The van der Waals surface area contributed by atoms with Crippen molar-refractivity contribution < 1.29 is 14.1 Å². The monoisotopic (exact) mass is 241 g/mol. The van der Waals surface area contributed by atoms with Gasteiger partial charge in [0.25, 0.3) is 0 Å². The predicted molar refractivity (Wildman–Crippen MR) is 62.4 cm³/mol. The Bertz CT molecular complexity index is 343. The minimum absolute atomic E-state index is 0.215. The van der Waals surface area contributed by atoms with Crippen LogP contribution < -0.4 is 11.1 Å². The van der Waals surface area contributed by atoms with Crippen molar-refractivity contribution in [1.29, 1.82) is 0 Å². The second kappa shape index (κ2) is 5.67. The van der Waals surface area contributed by atoms with Crippen LogP contribution in [0.15, 0.2) is 16.9 Å². The van der Waals surface area contributed by atoms with Crippen molar-refractivity contribution in [2.24, 2.45) is 5.73 Å². The van der Waals surface area contributed by atoms with Gasteiger partial charge >= 0.3 is 6.09 Å². The van der Waals surface area contributed by atoms with Gasteiger partial charge in [-0.1, -0.05) is 5.16 Å². The van der Waals surface area contributed by atoms with E-state index in [1.165, 1.54) is 6.26 Å². The zero-order valence-corrected chi connectivity index (χ0v) is 10.4. The first-order chi connectivity index (χ1) is 7.87. The van der Waals surface area contributed by atoms with E-state index in [1.807, 2.05) is 20.8 Å². The van der Waals surface area contributed by atoms with Gasteiger partial charge in [0.2, 0.25) is 0 Å². The number of aromatic nitrogens is 1. The van der Waals surface area contributed by atoms with Crippen molar-refractivity contribution in [2.75, 3.05) is 6.54 Å². The van der Waals surface area contributed by atoms with Crippen LogP contribution in [-0.2, 0) is 11.2 Å². The summed E-state index contributed by atoms with van der Waals surface area (Å²) in [5.41, 5.74) is 6.09. The highest BCUT2D eigenvalue weighted by Crippen LogP contribution is 2.06. The number of nitrogens with one attached hydrogen (secondary N) is 1. The van der Waals surface area contributed by atoms with Crippen LogP contribution in [0.1, 0.15) is 26.5 Å². The van der Waals surface area contributed by atoms with E-state index in [2.05, 4.69) is 15.0 Å². The average molecular weight is 241 g/mol. The molecule has 17 heavy (non-hydrogen) atoms. The first kappa shape index (κ1) is 13.5. The highest BCUT2D eigenvalue weighted by atomic mass is 16.6. The number of hydrogen-bond acceptors (Lipinski definition) is 5. The quantitative estimate of drug-likeness (QED) is 0.822. The standard InChI is InChI=1S/C11H19N3O3/c1-11(2,3)17-10(15)13-7-8(12)6-9-4-5-16-14-9/h4-5,8H,6-7,12H2,1-3H3,(H,13,15). The summed E-state index contributed by atoms with van der Waals surface area (Å²) >= 11 is 0. The molecule has 1 heterocycles. The van der Waals surface area contributed by atoms with E-state index in [9.17, 15) is 4.79 Å². The molecule has 96 valence electrons. The molecule has 1 amide bonds. The molecular weight excluding hydrogens is 222 g/mol. The van der Waals surface area contributed by atoms with Crippen LogP contribution in [0.2, 0.25) is 0 Å². The highest BCUT2D eigenvalue weighted by Gasteiger charge is 2.16. The number of carbonyl (C=O) groups is 1. The van der Waals surface area contributed by atoms with Crippen molar-refractivity contribution in [1.82, 2.24) is 10.5 Å². The largest absolute Gasteiger partial charge is 0.444 e. The Labute approximate surface area is 100 Å². The molecule has 0 aliphatic carbocycles. The molecule has 1 aromatic heterocycles. The SMILES string of the molecule is CC(C)(C)OC(=O)NCC(N)Cc1ccon1. The molecule has 6 nitrogen and oxygen atoms in total. The zero-order valence-electron chi connectivity index (χ0n) is 10.4. The van der Waals surface area contributed by atoms with Gasteiger partial charge < -0.3 is 20.3 Å². The van der Waals surface area contributed by atoms with Crippen LogP contribution >= 0.6 is 0 Å². The number of hydrogen-bond donors (Lipinski definition) is 2. The van der Waals surface area contributed by atoms with Gasteiger partial charge in [-0.15, -0.1) is 0 Å². The van der Waals surface area contributed by atoms with Gasteiger partial charge in [0.1, 0.15) is 11.9 Å². The first-order valence-electron chi connectivity index (χ1n) is 5.48. The van der Waals surface area contributed by atoms with Crippen molar-refractivity contribution in [3.63, 3.8) is 0 Å². The van der Waals surface area contributed by atoms with Gasteiger partial charge in [-0.2, -0.15) is 0 Å². The van der Waals surface area contributed by atoms with Gasteiger partial charge in [0, 0.05) is 25.1 Å². The lowest BCUT2D eigenvalue weighted by molar-refractivity contribution is 0.0524. The van der Waals surface area contributed by atoms with Crippen molar-refractivity contribution in [3.05, 3.63) is 18.0 Å². The normalized spacial score (nSPS) is 13.2. The topological polar surface area (TPSA) is 90.4 Å². The second-order valence-corrected chi connectivity index (χ2v) is 4.84. The van der Waals surface area contributed by atoms with E-state index >= 15 is 0 Å². The molecule has 0 fully saturated rings. The van der Waals surface area contributed by atoms with Crippen LogP contribution in [0.25, 0.3) is 0 Å². The average Bonchev–Trinajstić information content (AvgIpc) is 2.64. The van der Waals surface area contributed by atoms with E-state index in [4.69, 9.17) is 10.5 Å². The molecule has 0 aliphatic rings. The van der Waals surface area contributed by atoms with Gasteiger partial charge in [0.15, 0.2) is 0 Å². The molecule has 0 spiro atoms. The van der Waals surface area contributed by atoms with E-state index in [0.29, 0.717) is 13.0 Å². The smallest absolute Gasteiger partial charge is 0.407 e. The number of nitrogens with two attached hydrogens (primary N) is 1. The molecular formula is C11H19N3O3. The van der Waals surface area contributed by atoms with Gasteiger partial charge in [-0.3, -0.25) is 0 Å². The summed E-state index contributed by atoms with van der Waals surface area (Å²) in [4.78, 5) is 11.3. The van der Waals surface area contributed by atoms with Gasteiger partial charge in [0.05, 0.1) is 5.69 Å². The molecule has 0 radical (unpaired) electrons. The summed E-state index contributed by atoms with van der Waals surface area (Å²) in [5, 5.41) is 6.35. The summed E-state index contributed by atoms with van der Waals surface area (Å²) in [6.07, 6.45) is 1.57. The summed E-state index contributed by atoms with van der Waals surface area (Å²) < 4.78 is 9.77. The Kier molecular flexibility index (Phi) is 4.51. The van der Waals surface area contributed by atoms with Crippen LogP contribution in [0.3, 0.4) is 0 Å². The number of ether oxygens (including phenoxy) is 1. The lowest BCUT2D eigenvalue weighted by Crippen LogP contribution is -2.41. The molecule has 1 unspecified atom stereocenters. The fraction of sp³-hybridized carbons (Fsp3) is 0.636. The Balaban J connectivity index is 2.24. The lowest BCUT2D eigenvalue weighted by atomic mass is 10.2. The van der Waals surface area contributed by atoms with Crippen LogP contribution in [0, 0.1) is 0 Å². The zero-order chi connectivity index (χ0) is 12.9. The number of nitrogens with zero attached hydrogens (tertiary/aromatic N) is 1. The van der Waals surface area contributed by atoms with Crippen LogP contribution in [0.5, 0.6) is 0 Å². The van der Waals surface area contributed by atoms with Gasteiger partial charge in [-0.25, -0.2) is 4.79 Å². The summed E-state index contributed by atoms with van der Waals surface area (Å²) in [6, 6.07) is 1.53. The number of rotatable bonds is 4. The van der Waals surface area contributed by atoms with E-state index in [0.717, 1.165) is 5.69 Å². The van der Waals surface area contributed by atoms with Crippen LogP contribution in [0.4, 0.5) is 4.79 Å². The number of amides is 1. The van der Waals surface area contributed by atoms with Crippen molar-refractivity contribution in [2.45, 2.75) is 38.8 Å². The number of carbonyl (C=O) groups excluding carboxylic acids is 1. The molecule has 1 aromatic rings. The molecule has 0 aliphatic heterocycles. The van der Waals surface area contributed by atoms with E-state index in [1.54, 1.807) is 6.07 Å². The molecule has 0 saturated heterocycles. The summed E-state index contributed by atoms with van der Waals surface area (Å²) in [5.74, 6) is 0. The molecule has 1 rings (SSSR count). The first-order valence-corrected chi connectivity index (χ1v) is 5.48. The predicted octanol–water partition coefficient (Wildman–Crippen LogP) is 1.07. The lowest BCUT2D eigenvalue weighted by Gasteiger charge is -2.20. The fourth-order valence-electron chi connectivity index (χ4n) is 1.21. The van der Waals surface area contributed by atoms with Crippen molar-refractivity contribution >= 4 is 6.09 Å². The van der Waals surface area contributed by atoms with Crippen LogP contribution in [-0.4, -0.2) is 29.4 Å². The molecule has 0 aromatic carbocycles. The molecule has 1 atom stereocenters. The minimum Gasteiger partial charge on any atom is -0.444 e. The van der Waals surface area contributed by atoms with E-state index in [-0.39, 0.29) is 6.04 Å². The molecule has 3 N–H and O–H groups in total. The Morgan fingerprint density at radius 3 is 2.88 bits per heavy atom. The third-order valence-corrected chi connectivity index (χ3v) is 1.87. The minimum atomic E-state index is -0.500. The van der Waals surface area contributed by atoms with Gasteiger partial charge in [-0.05, 0) is 20.8 Å². The Morgan fingerprint density at radius 1 is 1.65 bits per heavy atom. The Morgan fingerprint density at radius 2 is 2.35 bits per heavy atom. The number of alkyl carbamates (subject to hydrolysis) is 1.